The number of benzene rings is 2. The first-order valence-corrected chi connectivity index (χ1v) is 10.6. The first-order valence-electron chi connectivity index (χ1n) is 10.6. The molecule has 31 heavy (non-hydrogen) atoms. The third-order valence-electron chi connectivity index (χ3n) is 5.60. The van der Waals surface area contributed by atoms with Crippen molar-refractivity contribution in [1.82, 2.24) is 9.78 Å². The summed E-state index contributed by atoms with van der Waals surface area (Å²) in [5.74, 6) is 2.85. The molecule has 2 N–H and O–H groups in total. The Bertz CT molecular complexity index is 1010. The maximum atomic E-state index is 13.3. The van der Waals surface area contributed by atoms with Gasteiger partial charge >= 0.3 is 0 Å². The van der Waals surface area contributed by atoms with E-state index in [4.69, 9.17) is 9.47 Å². The second-order valence-corrected chi connectivity index (χ2v) is 7.71. The van der Waals surface area contributed by atoms with Crippen LogP contribution in [0, 0.1) is 5.92 Å². The minimum atomic E-state index is 0.0129. The Morgan fingerprint density at radius 3 is 1.97 bits per heavy atom. The molecule has 1 saturated carbocycles. The van der Waals surface area contributed by atoms with Crippen LogP contribution >= 0.6 is 0 Å². The standard InChI is InChI=1S/C24H28N4O3/c1-30-20-12-8-18(9-13-20)25-22-16-23(26-19-10-14-21(31-2)15-11-19)28(27-22)24(29)17-6-4-3-5-7-17/h8-17,26H,3-7H2,1-2H3,(H,25,27). The predicted molar refractivity (Wildman–Crippen MR) is 122 cm³/mol. The molecule has 0 amide bonds. The van der Waals surface area contributed by atoms with Gasteiger partial charge in [-0.2, -0.15) is 4.68 Å². The predicted octanol–water partition coefficient (Wildman–Crippen LogP) is 5.61. The molecule has 4 rings (SSSR count). The normalized spacial score (nSPS) is 14.1. The number of anilines is 4. The van der Waals surface area contributed by atoms with Crippen LogP contribution in [-0.2, 0) is 0 Å². The number of carbonyl (C=O) groups excluding carboxylic acids is 1. The summed E-state index contributed by atoms with van der Waals surface area (Å²) in [7, 11) is 3.27. The SMILES string of the molecule is COc1ccc(Nc2cc(Nc3ccc(OC)cc3)n(C(=O)C3CCCCC3)n2)cc1. The average molecular weight is 421 g/mol. The largest absolute Gasteiger partial charge is 0.497 e. The van der Waals surface area contributed by atoms with Gasteiger partial charge in [0.25, 0.3) is 5.91 Å². The van der Waals surface area contributed by atoms with E-state index in [1.165, 1.54) is 11.1 Å². The maximum Gasteiger partial charge on any atom is 0.251 e. The van der Waals surface area contributed by atoms with Crippen LogP contribution in [-0.4, -0.2) is 29.9 Å². The zero-order chi connectivity index (χ0) is 21.6. The fraction of sp³-hybridized carbons (Fsp3) is 0.333. The van der Waals surface area contributed by atoms with Gasteiger partial charge in [0.15, 0.2) is 5.82 Å². The van der Waals surface area contributed by atoms with Crippen LogP contribution in [0.4, 0.5) is 23.0 Å². The lowest BCUT2D eigenvalue weighted by molar-refractivity contribution is 0.0788. The first-order chi connectivity index (χ1) is 15.2. The molecule has 1 aromatic heterocycles. The molecule has 0 radical (unpaired) electrons. The number of ether oxygens (including phenoxy) is 2. The van der Waals surface area contributed by atoms with Crippen molar-refractivity contribution in [2.45, 2.75) is 32.1 Å². The van der Waals surface area contributed by atoms with Crippen LogP contribution in [0.5, 0.6) is 11.5 Å². The number of methoxy groups -OCH3 is 2. The molecular formula is C24H28N4O3. The van der Waals surface area contributed by atoms with Crippen LogP contribution in [0.3, 0.4) is 0 Å². The third kappa shape index (κ3) is 4.99. The summed E-state index contributed by atoms with van der Waals surface area (Å²) >= 11 is 0. The van der Waals surface area contributed by atoms with E-state index in [1.54, 1.807) is 14.2 Å². The van der Waals surface area contributed by atoms with E-state index in [0.717, 1.165) is 48.6 Å². The second-order valence-electron chi connectivity index (χ2n) is 7.71. The van der Waals surface area contributed by atoms with Gasteiger partial charge in [0, 0.05) is 23.4 Å². The summed E-state index contributed by atoms with van der Waals surface area (Å²) in [5, 5.41) is 11.2. The van der Waals surface area contributed by atoms with Gasteiger partial charge in [0.05, 0.1) is 14.2 Å². The third-order valence-corrected chi connectivity index (χ3v) is 5.60. The Balaban J connectivity index is 1.60. The molecule has 0 saturated heterocycles. The van der Waals surface area contributed by atoms with Gasteiger partial charge in [0.1, 0.15) is 17.3 Å². The molecule has 1 heterocycles. The topological polar surface area (TPSA) is 77.4 Å². The monoisotopic (exact) mass is 420 g/mol. The van der Waals surface area contributed by atoms with Gasteiger partial charge in [-0.1, -0.05) is 19.3 Å². The molecule has 1 fully saturated rings. The summed E-state index contributed by atoms with van der Waals surface area (Å²) in [6.07, 6.45) is 5.22. The van der Waals surface area contributed by atoms with Crippen LogP contribution < -0.4 is 20.1 Å². The Kier molecular flexibility index (Phi) is 6.40. The molecule has 3 aromatic rings. The molecule has 0 aliphatic heterocycles. The Hall–Kier alpha value is -3.48. The lowest BCUT2D eigenvalue weighted by Gasteiger charge is -2.20. The Morgan fingerprint density at radius 1 is 0.871 bits per heavy atom. The molecule has 1 aliphatic carbocycles. The molecule has 162 valence electrons. The first kappa shape index (κ1) is 20.8. The summed E-state index contributed by atoms with van der Waals surface area (Å²) < 4.78 is 11.9. The fourth-order valence-corrected chi connectivity index (χ4v) is 3.87. The van der Waals surface area contributed by atoms with Crippen LogP contribution in [0.25, 0.3) is 0 Å². The molecule has 0 atom stereocenters. The van der Waals surface area contributed by atoms with Crippen molar-refractivity contribution in [3.63, 3.8) is 0 Å². The van der Waals surface area contributed by atoms with Gasteiger partial charge in [-0.25, -0.2) is 0 Å². The summed E-state index contributed by atoms with van der Waals surface area (Å²) in [4.78, 5) is 13.3. The minimum Gasteiger partial charge on any atom is -0.497 e. The van der Waals surface area contributed by atoms with E-state index in [2.05, 4.69) is 15.7 Å². The molecule has 0 bridgehead atoms. The molecule has 2 aromatic carbocycles. The maximum absolute atomic E-state index is 13.3. The van der Waals surface area contributed by atoms with E-state index < -0.39 is 0 Å². The van der Waals surface area contributed by atoms with E-state index >= 15 is 0 Å². The van der Waals surface area contributed by atoms with Crippen molar-refractivity contribution >= 4 is 28.9 Å². The molecule has 1 aliphatic rings. The van der Waals surface area contributed by atoms with Gasteiger partial charge in [-0.05, 0) is 61.4 Å². The Morgan fingerprint density at radius 2 is 1.42 bits per heavy atom. The number of hydrogen-bond acceptors (Lipinski definition) is 6. The highest BCUT2D eigenvalue weighted by atomic mass is 16.5. The summed E-state index contributed by atoms with van der Waals surface area (Å²) in [6, 6.07) is 17.0. The summed E-state index contributed by atoms with van der Waals surface area (Å²) in [6.45, 7) is 0. The smallest absolute Gasteiger partial charge is 0.251 e. The van der Waals surface area contributed by atoms with E-state index in [0.29, 0.717) is 11.6 Å². The number of nitrogens with zero attached hydrogens (tertiary/aromatic N) is 2. The second kappa shape index (κ2) is 9.55. The Labute approximate surface area is 182 Å². The van der Waals surface area contributed by atoms with E-state index in [9.17, 15) is 4.79 Å². The molecule has 0 unspecified atom stereocenters. The van der Waals surface area contributed by atoms with Crippen LogP contribution in [0.1, 0.15) is 36.9 Å². The van der Waals surface area contributed by atoms with Crippen molar-refractivity contribution < 1.29 is 14.3 Å². The van der Waals surface area contributed by atoms with Crippen LogP contribution in [0.2, 0.25) is 0 Å². The molecule has 7 heteroatoms. The highest BCUT2D eigenvalue weighted by Gasteiger charge is 2.25. The van der Waals surface area contributed by atoms with Gasteiger partial charge in [-0.15, -0.1) is 5.10 Å². The fourth-order valence-electron chi connectivity index (χ4n) is 3.87. The molecule has 7 nitrogen and oxygen atoms in total. The highest BCUT2D eigenvalue weighted by Crippen LogP contribution is 2.29. The molecular weight excluding hydrogens is 392 g/mol. The number of hydrogen-bond donors (Lipinski definition) is 2. The van der Waals surface area contributed by atoms with Crippen molar-refractivity contribution in [2.24, 2.45) is 5.92 Å². The van der Waals surface area contributed by atoms with E-state index in [1.807, 2.05) is 54.6 Å². The zero-order valence-corrected chi connectivity index (χ0v) is 17.9. The average Bonchev–Trinajstić information content (AvgIpc) is 3.22. The van der Waals surface area contributed by atoms with Crippen LogP contribution in [0.15, 0.2) is 54.6 Å². The van der Waals surface area contributed by atoms with E-state index in [-0.39, 0.29) is 11.8 Å². The lowest BCUT2D eigenvalue weighted by Crippen LogP contribution is -2.25. The van der Waals surface area contributed by atoms with Crippen molar-refractivity contribution in [1.29, 1.82) is 0 Å². The van der Waals surface area contributed by atoms with Crippen molar-refractivity contribution in [3.8, 4) is 11.5 Å². The van der Waals surface area contributed by atoms with Gasteiger partial charge in [-0.3, -0.25) is 4.79 Å². The highest BCUT2D eigenvalue weighted by molar-refractivity contribution is 5.85. The number of nitrogens with one attached hydrogen (secondary N) is 2. The molecule has 0 spiro atoms. The summed E-state index contributed by atoms with van der Waals surface area (Å²) in [5.41, 5.74) is 1.72. The van der Waals surface area contributed by atoms with Gasteiger partial charge in [0.2, 0.25) is 0 Å². The van der Waals surface area contributed by atoms with Gasteiger partial charge < -0.3 is 20.1 Å². The lowest BCUT2D eigenvalue weighted by atomic mass is 9.89. The number of rotatable bonds is 7. The number of carbonyl (C=O) groups is 1. The van der Waals surface area contributed by atoms with Crippen molar-refractivity contribution in [2.75, 3.05) is 24.9 Å². The quantitative estimate of drug-likeness (QED) is 0.517. The minimum absolute atomic E-state index is 0.0129. The zero-order valence-electron chi connectivity index (χ0n) is 17.9. The van der Waals surface area contributed by atoms with Crippen molar-refractivity contribution in [3.05, 3.63) is 54.6 Å². The number of aromatic nitrogens is 2.